The number of pyridine rings is 1. The van der Waals surface area contributed by atoms with Gasteiger partial charge in [0.2, 0.25) is 6.79 Å². The molecule has 1 aromatic heterocycles. The van der Waals surface area contributed by atoms with Gasteiger partial charge >= 0.3 is 0 Å². The molecule has 0 spiro atoms. The number of benzene rings is 4. The van der Waals surface area contributed by atoms with Crippen molar-refractivity contribution in [2.45, 2.75) is 0 Å². The number of hydrogen-bond donors (Lipinski definition) is 0. The zero-order chi connectivity index (χ0) is 22.4. The van der Waals surface area contributed by atoms with E-state index in [-0.39, 0.29) is 6.79 Å². The molecule has 6 rings (SSSR count). The molecule has 1 aliphatic rings. The van der Waals surface area contributed by atoms with Crippen molar-refractivity contribution in [1.82, 2.24) is 4.98 Å². The molecule has 4 aromatic carbocycles. The molecule has 33 heavy (non-hydrogen) atoms. The summed E-state index contributed by atoms with van der Waals surface area (Å²) in [5.74, 6) is 3.08. The zero-order valence-electron chi connectivity index (χ0n) is 18.3. The van der Waals surface area contributed by atoms with Crippen molar-refractivity contribution in [3.63, 3.8) is 0 Å². The minimum absolute atomic E-state index is 0.170. The van der Waals surface area contributed by atoms with E-state index in [1.165, 1.54) is 0 Å². The number of nitrogens with zero attached hydrogens (tertiary/aromatic N) is 1. The smallest absolute Gasteiger partial charge is 0.231 e. The highest BCUT2D eigenvalue weighted by Gasteiger charge is 2.29. The second kappa shape index (κ2) is 7.71. The largest absolute Gasteiger partial charge is 0.497 e. The fraction of sp³-hybridized carbons (Fsp3) is 0.107. The summed E-state index contributed by atoms with van der Waals surface area (Å²) in [6.07, 6.45) is 1.94. The van der Waals surface area contributed by atoms with Gasteiger partial charge in [0.25, 0.3) is 0 Å². The molecular formula is C28H21NO4. The van der Waals surface area contributed by atoms with Crippen LogP contribution >= 0.6 is 0 Å². The average molecular weight is 435 g/mol. The summed E-state index contributed by atoms with van der Waals surface area (Å²) < 4.78 is 22.9. The molecule has 0 saturated carbocycles. The first-order valence-electron chi connectivity index (χ1n) is 10.7. The standard InChI is InChI=1S/C28H21NO4/c1-30-19-11-7-17(8-12-19)24-22-15-29-23-6-4-3-5-21(23)26(22)25(28-27(24)32-16-33-28)18-9-13-20(31-2)14-10-18/h3-15H,16H2,1-2H3. The second-order valence-electron chi connectivity index (χ2n) is 7.84. The predicted molar refractivity (Wildman–Crippen MR) is 129 cm³/mol. The number of hydrogen-bond acceptors (Lipinski definition) is 5. The number of aromatic nitrogens is 1. The van der Waals surface area contributed by atoms with E-state index in [2.05, 4.69) is 18.2 Å². The quantitative estimate of drug-likeness (QED) is 0.303. The molecule has 0 N–H and O–H groups in total. The van der Waals surface area contributed by atoms with Crippen molar-refractivity contribution in [2.75, 3.05) is 21.0 Å². The molecule has 0 unspecified atom stereocenters. The highest BCUT2D eigenvalue weighted by atomic mass is 16.7. The SMILES string of the molecule is COc1ccc(-c2c3c(c(-c4ccc(OC)cc4)c4c2cnc2ccccc24)OCO3)cc1. The van der Waals surface area contributed by atoms with Crippen LogP contribution in [0.2, 0.25) is 0 Å². The summed E-state index contributed by atoms with van der Waals surface area (Å²) in [6.45, 7) is 0.170. The Hall–Kier alpha value is -4.25. The number of fused-ring (bicyclic) bond motifs is 4. The van der Waals surface area contributed by atoms with Crippen molar-refractivity contribution in [1.29, 1.82) is 0 Å². The fourth-order valence-electron chi connectivity index (χ4n) is 4.56. The number of ether oxygens (including phenoxy) is 4. The molecule has 0 radical (unpaired) electrons. The molecular weight excluding hydrogens is 414 g/mol. The third-order valence-electron chi connectivity index (χ3n) is 6.12. The maximum Gasteiger partial charge on any atom is 0.231 e. The maximum atomic E-state index is 6.11. The van der Waals surface area contributed by atoms with Gasteiger partial charge in [-0.05, 0) is 41.5 Å². The van der Waals surface area contributed by atoms with Crippen molar-refractivity contribution in [3.05, 3.63) is 79.0 Å². The minimum atomic E-state index is 0.170. The van der Waals surface area contributed by atoms with Gasteiger partial charge in [-0.2, -0.15) is 0 Å². The summed E-state index contributed by atoms with van der Waals surface area (Å²) in [6, 6.07) is 24.2. The van der Waals surface area contributed by atoms with E-state index < -0.39 is 0 Å². The van der Waals surface area contributed by atoms with E-state index >= 15 is 0 Å². The Morgan fingerprint density at radius 1 is 0.667 bits per heavy atom. The molecule has 0 amide bonds. The van der Waals surface area contributed by atoms with Crippen LogP contribution in [-0.2, 0) is 0 Å². The number of methoxy groups -OCH3 is 2. The van der Waals surface area contributed by atoms with E-state index in [0.29, 0.717) is 0 Å². The second-order valence-corrected chi connectivity index (χ2v) is 7.84. The lowest BCUT2D eigenvalue weighted by Gasteiger charge is -2.18. The first-order valence-corrected chi connectivity index (χ1v) is 10.7. The number of para-hydroxylation sites is 1. The first-order chi connectivity index (χ1) is 16.3. The molecule has 0 fully saturated rings. The lowest BCUT2D eigenvalue weighted by Crippen LogP contribution is -1.94. The Morgan fingerprint density at radius 3 is 1.88 bits per heavy atom. The van der Waals surface area contributed by atoms with Crippen LogP contribution in [0.4, 0.5) is 0 Å². The van der Waals surface area contributed by atoms with Gasteiger partial charge in [0, 0.05) is 33.5 Å². The Balaban J connectivity index is 1.76. The lowest BCUT2D eigenvalue weighted by atomic mass is 9.89. The van der Waals surface area contributed by atoms with Crippen molar-refractivity contribution in [2.24, 2.45) is 0 Å². The van der Waals surface area contributed by atoms with Gasteiger partial charge in [0.05, 0.1) is 19.7 Å². The van der Waals surface area contributed by atoms with Gasteiger partial charge in [-0.3, -0.25) is 4.98 Å². The predicted octanol–water partition coefficient (Wildman–Crippen LogP) is 6.47. The first kappa shape index (κ1) is 19.4. The highest BCUT2D eigenvalue weighted by molar-refractivity contribution is 6.20. The molecule has 5 nitrogen and oxygen atoms in total. The van der Waals surface area contributed by atoms with E-state index in [0.717, 1.165) is 66.9 Å². The monoisotopic (exact) mass is 435 g/mol. The Morgan fingerprint density at radius 2 is 1.24 bits per heavy atom. The van der Waals surface area contributed by atoms with Crippen LogP contribution in [0.15, 0.2) is 79.0 Å². The van der Waals surface area contributed by atoms with Crippen LogP contribution in [0.5, 0.6) is 23.0 Å². The molecule has 2 heterocycles. The van der Waals surface area contributed by atoms with Gasteiger partial charge in [-0.1, -0.05) is 42.5 Å². The van der Waals surface area contributed by atoms with Crippen LogP contribution in [0.1, 0.15) is 0 Å². The Labute approximate surface area is 191 Å². The van der Waals surface area contributed by atoms with Crippen molar-refractivity contribution >= 4 is 21.7 Å². The minimum Gasteiger partial charge on any atom is -0.497 e. The molecule has 0 saturated heterocycles. The van der Waals surface area contributed by atoms with Gasteiger partial charge in [0.15, 0.2) is 11.5 Å². The molecule has 5 heteroatoms. The molecule has 162 valence electrons. The maximum absolute atomic E-state index is 6.11. The van der Waals surface area contributed by atoms with Crippen molar-refractivity contribution in [3.8, 4) is 45.3 Å². The molecule has 5 aromatic rings. The van der Waals surface area contributed by atoms with Gasteiger partial charge in [-0.15, -0.1) is 0 Å². The van der Waals surface area contributed by atoms with Crippen LogP contribution in [0.25, 0.3) is 43.9 Å². The van der Waals surface area contributed by atoms with E-state index in [4.69, 9.17) is 23.9 Å². The molecule has 0 atom stereocenters. The number of rotatable bonds is 4. The van der Waals surface area contributed by atoms with Crippen molar-refractivity contribution < 1.29 is 18.9 Å². The summed E-state index contributed by atoms with van der Waals surface area (Å²) in [4.78, 5) is 4.78. The topological polar surface area (TPSA) is 49.8 Å². The van der Waals surface area contributed by atoms with Gasteiger partial charge in [0.1, 0.15) is 11.5 Å². The summed E-state index contributed by atoms with van der Waals surface area (Å²) >= 11 is 0. The van der Waals surface area contributed by atoms with Crippen LogP contribution in [0, 0.1) is 0 Å². The summed E-state index contributed by atoms with van der Waals surface area (Å²) in [5, 5.41) is 3.16. The van der Waals surface area contributed by atoms with E-state index in [1.807, 2.05) is 60.8 Å². The van der Waals surface area contributed by atoms with E-state index in [1.54, 1.807) is 14.2 Å². The van der Waals surface area contributed by atoms with Crippen LogP contribution in [-0.4, -0.2) is 26.0 Å². The molecule has 0 aliphatic carbocycles. The Kier molecular flexibility index (Phi) is 4.54. The average Bonchev–Trinajstić information content (AvgIpc) is 3.36. The summed E-state index contributed by atoms with van der Waals surface area (Å²) in [7, 11) is 3.33. The molecule has 1 aliphatic heterocycles. The molecule has 0 bridgehead atoms. The highest BCUT2D eigenvalue weighted by Crippen LogP contribution is 2.54. The normalized spacial score (nSPS) is 12.3. The van der Waals surface area contributed by atoms with Crippen LogP contribution < -0.4 is 18.9 Å². The zero-order valence-corrected chi connectivity index (χ0v) is 18.3. The fourth-order valence-corrected chi connectivity index (χ4v) is 4.56. The van der Waals surface area contributed by atoms with Gasteiger partial charge in [-0.25, -0.2) is 0 Å². The van der Waals surface area contributed by atoms with E-state index in [9.17, 15) is 0 Å². The van der Waals surface area contributed by atoms with Crippen LogP contribution in [0.3, 0.4) is 0 Å². The Bertz CT molecular complexity index is 1490. The summed E-state index contributed by atoms with van der Waals surface area (Å²) in [5.41, 5.74) is 4.94. The third kappa shape index (κ3) is 3.04. The lowest BCUT2D eigenvalue weighted by molar-refractivity contribution is 0.174. The third-order valence-corrected chi connectivity index (χ3v) is 6.12. The van der Waals surface area contributed by atoms with Gasteiger partial charge < -0.3 is 18.9 Å².